The first kappa shape index (κ1) is 13.6. The van der Waals surface area contributed by atoms with Crippen LogP contribution in [0.1, 0.15) is 19.4 Å². The SMILES string of the molecule is COc1ccc(CN2C(=O)C3C(C2=O)C3(C)C)cc1Br. The van der Waals surface area contributed by atoms with Gasteiger partial charge in [0, 0.05) is 0 Å². The van der Waals surface area contributed by atoms with Gasteiger partial charge in [-0.1, -0.05) is 19.9 Å². The molecule has 0 spiro atoms. The summed E-state index contributed by atoms with van der Waals surface area (Å²) >= 11 is 3.41. The van der Waals surface area contributed by atoms with Gasteiger partial charge in [0.2, 0.25) is 11.8 Å². The van der Waals surface area contributed by atoms with Crippen molar-refractivity contribution >= 4 is 27.7 Å². The lowest BCUT2D eigenvalue weighted by Crippen LogP contribution is -2.35. The van der Waals surface area contributed by atoms with Gasteiger partial charge >= 0.3 is 0 Å². The summed E-state index contributed by atoms with van der Waals surface area (Å²) in [5.41, 5.74) is 0.768. The molecule has 1 aliphatic heterocycles. The zero-order valence-corrected chi connectivity index (χ0v) is 13.2. The van der Waals surface area contributed by atoms with Crippen LogP contribution < -0.4 is 4.74 Å². The average molecular weight is 338 g/mol. The topological polar surface area (TPSA) is 46.6 Å². The van der Waals surface area contributed by atoms with Crippen LogP contribution in [0.3, 0.4) is 0 Å². The molecular formula is C15H16BrNO3. The van der Waals surface area contributed by atoms with Crippen molar-refractivity contribution < 1.29 is 14.3 Å². The van der Waals surface area contributed by atoms with Crippen LogP contribution in [0.5, 0.6) is 5.75 Å². The maximum Gasteiger partial charge on any atom is 0.233 e. The monoisotopic (exact) mass is 337 g/mol. The molecule has 0 N–H and O–H groups in total. The Morgan fingerprint density at radius 2 is 1.85 bits per heavy atom. The Morgan fingerprint density at radius 3 is 2.35 bits per heavy atom. The van der Waals surface area contributed by atoms with Crippen LogP contribution in [-0.2, 0) is 16.1 Å². The highest BCUT2D eigenvalue weighted by Crippen LogP contribution is 2.63. The Morgan fingerprint density at radius 1 is 1.25 bits per heavy atom. The highest BCUT2D eigenvalue weighted by molar-refractivity contribution is 9.10. The fourth-order valence-corrected chi connectivity index (χ4v) is 3.74. The highest BCUT2D eigenvalue weighted by Gasteiger charge is 2.72. The number of likely N-dealkylation sites (tertiary alicyclic amines) is 1. The lowest BCUT2D eigenvalue weighted by Gasteiger charge is -2.20. The van der Waals surface area contributed by atoms with Crippen molar-refractivity contribution in [2.24, 2.45) is 17.3 Å². The number of imide groups is 1. The minimum Gasteiger partial charge on any atom is -0.496 e. The molecule has 2 aliphatic rings. The summed E-state index contributed by atoms with van der Waals surface area (Å²) in [4.78, 5) is 25.9. The lowest BCUT2D eigenvalue weighted by molar-refractivity contribution is -0.143. The van der Waals surface area contributed by atoms with Crippen LogP contribution in [0.4, 0.5) is 0 Å². The van der Waals surface area contributed by atoms with E-state index in [1.807, 2.05) is 32.0 Å². The summed E-state index contributed by atoms with van der Waals surface area (Å²) in [7, 11) is 1.60. The molecule has 1 saturated carbocycles. The molecule has 1 aromatic carbocycles. The Bertz CT molecular complexity index is 587. The molecule has 3 rings (SSSR count). The predicted molar refractivity (Wildman–Crippen MR) is 77.0 cm³/mol. The van der Waals surface area contributed by atoms with Gasteiger partial charge in [0.25, 0.3) is 0 Å². The average Bonchev–Trinajstić information content (AvgIpc) is 2.86. The van der Waals surface area contributed by atoms with Crippen LogP contribution in [0.2, 0.25) is 0 Å². The first-order chi connectivity index (χ1) is 9.37. The number of carbonyl (C=O) groups is 2. The van der Waals surface area contributed by atoms with Gasteiger partial charge in [0.15, 0.2) is 0 Å². The minimum atomic E-state index is -0.148. The standard InChI is InChI=1S/C15H16BrNO3/c1-15(2)11-12(15)14(19)17(13(11)18)7-8-4-5-10(20-3)9(16)6-8/h4-6,11-12H,7H2,1-3H3. The number of amides is 2. The summed E-state index contributed by atoms with van der Waals surface area (Å²) < 4.78 is 5.99. The summed E-state index contributed by atoms with van der Waals surface area (Å²) in [6.07, 6.45) is 0. The molecule has 1 heterocycles. The van der Waals surface area contributed by atoms with Gasteiger partial charge in [0.05, 0.1) is 30.0 Å². The third-order valence-corrected chi connectivity index (χ3v) is 5.07. The maximum atomic E-state index is 12.3. The summed E-state index contributed by atoms with van der Waals surface area (Å²) in [6, 6.07) is 5.59. The Kier molecular flexibility index (Phi) is 2.94. The number of fused-ring (bicyclic) bond motifs is 1. The van der Waals surface area contributed by atoms with Crippen LogP contribution >= 0.6 is 15.9 Å². The molecule has 20 heavy (non-hydrogen) atoms. The molecular weight excluding hydrogens is 322 g/mol. The quantitative estimate of drug-likeness (QED) is 0.796. The van der Waals surface area contributed by atoms with Gasteiger partial charge in [-0.05, 0) is 39.0 Å². The number of hydrogen-bond acceptors (Lipinski definition) is 3. The predicted octanol–water partition coefficient (Wildman–Crippen LogP) is 2.60. The van der Waals surface area contributed by atoms with E-state index in [4.69, 9.17) is 4.74 Å². The molecule has 4 nitrogen and oxygen atoms in total. The van der Waals surface area contributed by atoms with Crippen LogP contribution in [-0.4, -0.2) is 23.8 Å². The number of benzene rings is 1. The number of nitrogens with zero attached hydrogens (tertiary/aromatic N) is 1. The van der Waals surface area contributed by atoms with Gasteiger partial charge in [0.1, 0.15) is 5.75 Å². The molecule has 106 valence electrons. The van der Waals surface area contributed by atoms with E-state index in [1.165, 1.54) is 4.90 Å². The molecule has 5 heteroatoms. The first-order valence-electron chi connectivity index (χ1n) is 6.55. The lowest BCUT2D eigenvalue weighted by atomic mass is 10.1. The number of carbonyl (C=O) groups excluding carboxylic acids is 2. The molecule has 2 atom stereocenters. The van der Waals surface area contributed by atoms with E-state index in [2.05, 4.69) is 15.9 Å². The molecule has 0 aromatic heterocycles. The van der Waals surface area contributed by atoms with E-state index < -0.39 is 0 Å². The fourth-order valence-electron chi connectivity index (χ4n) is 3.15. The second kappa shape index (κ2) is 4.32. The number of rotatable bonds is 3. The van der Waals surface area contributed by atoms with Gasteiger partial charge in [-0.3, -0.25) is 14.5 Å². The molecule has 0 radical (unpaired) electrons. The van der Waals surface area contributed by atoms with Crippen LogP contribution in [0.15, 0.2) is 22.7 Å². The zero-order chi connectivity index (χ0) is 14.7. The number of halogens is 1. The van der Waals surface area contributed by atoms with Crippen LogP contribution in [0, 0.1) is 17.3 Å². The van der Waals surface area contributed by atoms with Crippen molar-refractivity contribution in [1.82, 2.24) is 4.90 Å². The fraction of sp³-hybridized carbons (Fsp3) is 0.467. The molecule has 2 amide bonds. The summed E-state index contributed by atoms with van der Waals surface area (Å²) in [5.74, 6) is 0.444. The number of methoxy groups -OCH3 is 1. The van der Waals surface area contributed by atoms with Gasteiger partial charge < -0.3 is 4.74 Å². The molecule has 1 saturated heterocycles. The number of ether oxygens (including phenoxy) is 1. The molecule has 1 aliphatic carbocycles. The maximum absolute atomic E-state index is 12.3. The number of piperidine rings is 1. The first-order valence-corrected chi connectivity index (χ1v) is 7.35. The van der Waals surface area contributed by atoms with Gasteiger partial charge in [-0.25, -0.2) is 0 Å². The zero-order valence-electron chi connectivity index (χ0n) is 11.6. The second-order valence-electron chi connectivity index (χ2n) is 6.01. The Hall–Kier alpha value is -1.36. The number of hydrogen-bond donors (Lipinski definition) is 0. The smallest absolute Gasteiger partial charge is 0.233 e. The third-order valence-electron chi connectivity index (χ3n) is 4.45. The third kappa shape index (κ3) is 1.79. The van der Waals surface area contributed by atoms with Gasteiger partial charge in [-0.2, -0.15) is 0 Å². The summed E-state index contributed by atoms with van der Waals surface area (Å²) in [6.45, 7) is 4.31. The van der Waals surface area contributed by atoms with E-state index in [9.17, 15) is 9.59 Å². The van der Waals surface area contributed by atoms with Crippen LogP contribution in [0.25, 0.3) is 0 Å². The van der Waals surface area contributed by atoms with E-state index in [-0.39, 0.29) is 29.1 Å². The van der Waals surface area contributed by atoms with Crippen molar-refractivity contribution in [3.63, 3.8) is 0 Å². The van der Waals surface area contributed by atoms with Crippen molar-refractivity contribution in [2.75, 3.05) is 7.11 Å². The largest absolute Gasteiger partial charge is 0.496 e. The van der Waals surface area contributed by atoms with E-state index in [0.717, 1.165) is 15.8 Å². The van der Waals surface area contributed by atoms with E-state index in [1.54, 1.807) is 7.11 Å². The Balaban J connectivity index is 1.79. The van der Waals surface area contributed by atoms with Gasteiger partial charge in [-0.15, -0.1) is 0 Å². The molecule has 2 unspecified atom stereocenters. The molecule has 1 aromatic rings. The van der Waals surface area contributed by atoms with Crippen molar-refractivity contribution in [3.05, 3.63) is 28.2 Å². The minimum absolute atomic E-state index is 0.0306. The van der Waals surface area contributed by atoms with E-state index >= 15 is 0 Å². The van der Waals surface area contributed by atoms with Crippen molar-refractivity contribution in [3.8, 4) is 5.75 Å². The summed E-state index contributed by atoms with van der Waals surface area (Å²) in [5, 5.41) is 0. The normalized spacial score (nSPS) is 26.7. The molecule has 0 bridgehead atoms. The van der Waals surface area contributed by atoms with E-state index in [0.29, 0.717) is 6.54 Å². The second-order valence-corrected chi connectivity index (χ2v) is 6.86. The molecule has 2 fully saturated rings. The Labute approximate surface area is 126 Å². The highest BCUT2D eigenvalue weighted by atomic mass is 79.9. The van der Waals surface area contributed by atoms with Crippen molar-refractivity contribution in [1.29, 1.82) is 0 Å². The van der Waals surface area contributed by atoms with Crippen molar-refractivity contribution in [2.45, 2.75) is 20.4 Å².